The van der Waals surface area contributed by atoms with E-state index in [1.165, 1.54) is 16.4 Å². The molecule has 1 saturated heterocycles. The van der Waals surface area contributed by atoms with E-state index < -0.39 is 15.8 Å². The third-order valence-corrected chi connectivity index (χ3v) is 6.53. The molecule has 1 aliphatic carbocycles. The van der Waals surface area contributed by atoms with Gasteiger partial charge in [-0.1, -0.05) is 0 Å². The maximum atomic E-state index is 13.0. The van der Waals surface area contributed by atoms with E-state index >= 15 is 0 Å². The van der Waals surface area contributed by atoms with Crippen LogP contribution in [-0.4, -0.2) is 37.8 Å². The molecule has 1 aromatic carbocycles. The molecule has 0 bridgehead atoms. The molecule has 2 aliphatic rings. The first-order valence-electron chi connectivity index (χ1n) is 8.50. The minimum atomic E-state index is -3.59. The van der Waals surface area contributed by atoms with Crippen molar-refractivity contribution in [2.24, 2.45) is 5.92 Å². The molecule has 1 saturated carbocycles. The van der Waals surface area contributed by atoms with E-state index in [1.54, 1.807) is 0 Å². The molecule has 7 heteroatoms. The van der Waals surface area contributed by atoms with Crippen molar-refractivity contribution in [3.63, 3.8) is 0 Å². The first-order valence-corrected chi connectivity index (χ1v) is 9.94. The van der Waals surface area contributed by atoms with Gasteiger partial charge in [0, 0.05) is 25.6 Å². The van der Waals surface area contributed by atoms with Crippen molar-refractivity contribution in [2.75, 3.05) is 13.1 Å². The summed E-state index contributed by atoms with van der Waals surface area (Å²) < 4.78 is 39.8. The Labute approximate surface area is 142 Å². The van der Waals surface area contributed by atoms with Crippen LogP contribution in [0.1, 0.15) is 38.5 Å². The average Bonchev–Trinajstić information content (AvgIpc) is 3.37. The lowest BCUT2D eigenvalue weighted by molar-refractivity contribution is -0.121. The molecule has 0 aromatic heterocycles. The average molecular weight is 354 g/mol. The Bertz CT molecular complexity index is 686. The molecule has 1 heterocycles. The van der Waals surface area contributed by atoms with E-state index in [2.05, 4.69) is 5.32 Å². The molecule has 1 amide bonds. The molecule has 1 unspecified atom stereocenters. The SMILES string of the molecule is O=C(CCC1CCCN(S(=O)(=O)c2ccc(F)cc2)C1)NC1CC1. The van der Waals surface area contributed by atoms with Crippen LogP contribution in [0, 0.1) is 11.7 Å². The Balaban J connectivity index is 1.57. The molecular formula is C17H23FN2O3S. The van der Waals surface area contributed by atoms with Crippen LogP contribution in [0.5, 0.6) is 0 Å². The zero-order valence-electron chi connectivity index (χ0n) is 13.6. The van der Waals surface area contributed by atoms with E-state index in [4.69, 9.17) is 0 Å². The standard InChI is InChI=1S/C17H23FN2O3S/c18-14-4-8-16(9-5-14)24(22,23)20-11-1-2-13(12-20)3-10-17(21)19-15-6-7-15/h4-5,8-9,13,15H,1-3,6-7,10-12H2,(H,19,21). The van der Waals surface area contributed by atoms with Crippen molar-refractivity contribution in [2.45, 2.75) is 49.5 Å². The van der Waals surface area contributed by atoms with Crippen LogP contribution in [0.2, 0.25) is 0 Å². The van der Waals surface area contributed by atoms with Gasteiger partial charge in [0.05, 0.1) is 4.90 Å². The summed E-state index contributed by atoms with van der Waals surface area (Å²) in [4.78, 5) is 11.9. The normalized spacial score (nSPS) is 22.3. The van der Waals surface area contributed by atoms with Crippen molar-refractivity contribution in [1.82, 2.24) is 9.62 Å². The maximum Gasteiger partial charge on any atom is 0.243 e. The molecule has 1 atom stereocenters. The maximum absolute atomic E-state index is 13.0. The summed E-state index contributed by atoms with van der Waals surface area (Å²) in [6.45, 7) is 0.904. The molecule has 1 aliphatic heterocycles. The highest BCUT2D eigenvalue weighted by atomic mass is 32.2. The summed E-state index contributed by atoms with van der Waals surface area (Å²) in [5.41, 5.74) is 0. The summed E-state index contributed by atoms with van der Waals surface area (Å²) in [7, 11) is -3.59. The summed E-state index contributed by atoms with van der Waals surface area (Å²) in [5.74, 6) is -0.193. The van der Waals surface area contributed by atoms with E-state index in [0.717, 1.165) is 37.8 Å². The minimum absolute atomic E-state index is 0.0658. The predicted octanol–water partition coefficient (Wildman–Crippen LogP) is 2.29. The van der Waals surface area contributed by atoms with Gasteiger partial charge >= 0.3 is 0 Å². The molecule has 5 nitrogen and oxygen atoms in total. The number of nitrogens with zero attached hydrogens (tertiary/aromatic N) is 1. The van der Waals surface area contributed by atoms with E-state index in [9.17, 15) is 17.6 Å². The Morgan fingerprint density at radius 1 is 1.21 bits per heavy atom. The number of nitrogens with one attached hydrogen (secondary N) is 1. The van der Waals surface area contributed by atoms with Crippen LogP contribution >= 0.6 is 0 Å². The topological polar surface area (TPSA) is 66.5 Å². The second-order valence-corrected chi connectivity index (χ2v) is 8.64. The molecule has 1 aromatic rings. The minimum Gasteiger partial charge on any atom is -0.353 e. The van der Waals surface area contributed by atoms with Gasteiger partial charge < -0.3 is 5.32 Å². The van der Waals surface area contributed by atoms with Gasteiger partial charge in [0.25, 0.3) is 0 Å². The van der Waals surface area contributed by atoms with Crippen LogP contribution in [-0.2, 0) is 14.8 Å². The van der Waals surface area contributed by atoms with E-state index in [-0.39, 0.29) is 16.7 Å². The number of piperidine rings is 1. The molecule has 0 radical (unpaired) electrons. The monoisotopic (exact) mass is 354 g/mol. The highest BCUT2D eigenvalue weighted by molar-refractivity contribution is 7.89. The van der Waals surface area contributed by atoms with Gasteiger partial charge in [-0.05, 0) is 62.3 Å². The number of carbonyl (C=O) groups is 1. The number of rotatable bonds is 6. The number of hydrogen-bond donors (Lipinski definition) is 1. The van der Waals surface area contributed by atoms with Crippen LogP contribution in [0.4, 0.5) is 4.39 Å². The van der Waals surface area contributed by atoms with Crippen LogP contribution in [0.15, 0.2) is 29.2 Å². The van der Waals surface area contributed by atoms with E-state index in [1.807, 2.05) is 0 Å². The Hall–Kier alpha value is -1.47. The molecule has 3 rings (SSSR count). The summed E-state index contributed by atoms with van der Waals surface area (Å²) in [6, 6.07) is 5.29. The predicted molar refractivity (Wildman–Crippen MR) is 88.3 cm³/mol. The summed E-state index contributed by atoms with van der Waals surface area (Å²) in [6.07, 6.45) is 5.01. The second kappa shape index (κ2) is 7.19. The zero-order chi connectivity index (χ0) is 17.2. The highest BCUT2D eigenvalue weighted by Gasteiger charge is 2.30. The van der Waals surface area contributed by atoms with Gasteiger partial charge in [-0.25, -0.2) is 12.8 Å². The molecule has 24 heavy (non-hydrogen) atoms. The second-order valence-electron chi connectivity index (χ2n) is 6.71. The third-order valence-electron chi connectivity index (χ3n) is 4.66. The highest BCUT2D eigenvalue weighted by Crippen LogP contribution is 2.26. The van der Waals surface area contributed by atoms with Gasteiger partial charge in [0.15, 0.2) is 0 Å². The Kier molecular flexibility index (Phi) is 5.20. The fourth-order valence-corrected chi connectivity index (χ4v) is 4.65. The van der Waals surface area contributed by atoms with Crippen molar-refractivity contribution in [3.05, 3.63) is 30.1 Å². The number of hydrogen-bond acceptors (Lipinski definition) is 3. The van der Waals surface area contributed by atoms with Gasteiger partial charge in [0.2, 0.25) is 15.9 Å². The zero-order valence-corrected chi connectivity index (χ0v) is 14.4. The lowest BCUT2D eigenvalue weighted by atomic mass is 9.94. The lowest BCUT2D eigenvalue weighted by Crippen LogP contribution is -2.40. The van der Waals surface area contributed by atoms with Crippen molar-refractivity contribution >= 4 is 15.9 Å². The molecule has 0 spiro atoms. The Morgan fingerprint density at radius 3 is 2.58 bits per heavy atom. The number of benzene rings is 1. The van der Waals surface area contributed by atoms with Crippen LogP contribution < -0.4 is 5.32 Å². The Morgan fingerprint density at radius 2 is 1.92 bits per heavy atom. The lowest BCUT2D eigenvalue weighted by Gasteiger charge is -2.32. The largest absolute Gasteiger partial charge is 0.353 e. The van der Waals surface area contributed by atoms with Gasteiger partial charge in [-0.3, -0.25) is 4.79 Å². The summed E-state index contributed by atoms with van der Waals surface area (Å²) >= 11 is 0. The van der Waals surface area contributed by atoms with Crippen LogP contribution in [0.3, 0.4) is 0 Å². The van der Waals surface area contributed by atoms with E-state index in [0.29, 0.717) is 32.0 Å². The molecule has 132 valence electrons. The fourth-order valence-electron chi connectivity index (χ4n) is 3.10. The van der Waals surface area contributed by atoms with Gasteiger partial charge in [-0.15, -0.1) is 0 Å². The smallest absolute Gasteiger partial charge is 0.243 e. The van der Waals surface area contributed by atoms with Crippen molar-refractivity contribution < 1.29 is 17.6 Å². The van der Waals surface area contributed by atoms with Crippen molar-refractivity contribution in [1.29, 1.82) is 0 Å². The van der Waals surface area contributed by atoms with Crippen molar-refractivity contribution in [3.8, 4) is 0 Å². The third kappa shape index (κ3) is 4.33. The number of amides is 1. The molecular weight excluding hydrogens is 331 g/mol. The first-order chi connectivity index (χ1) is 11.4. The number of carbonyl (C=O) groups excluding carboxylic acids is 1. The van der Waals surface area contributed by atoms with Gasteiger partial charge in [0.1, 0.15) is 5.82 Å². The quantitative estimate of drug-likeness (QED) is 0.852. The van der Waals surface area contributed by atoms with Gasteiger partial charge in [-0.2, -0.15) is 4.31 Å². The fraction of sp³-hybridized carbons (Fsp3) is 0.588. The molecule has 2 fully saturated rings. The van der Waals surface area contributed by atoms with Crippen LogP contribution in [0.25, 0.3) is 0 Å². The first kappa shape index (κ1) is 17.4. The molecule has 1 N–H and O–H groups in total. The summed E-state index contributed by atoms with van der Waals surface area (Å²) in [5, 5.41) is 2.96. The number of sulfonamides is 1. The number of halogens is 1.